The van der Waals surface area contributed by atoms with E-state index in [1.54, 1.807) is 4.68 Å². The van der Waals surface area contributed by atoms with Gasteiger partial charge in [-0.25, -0.2) is 13.1 Å². The second kappa shape index (κ2) is 7.94. The lowest BCUT2D eigenvalue weighted by Gasteiger charge is -2.14. The molecule has 1 aliphatic heterocycles. The Balaban J connectivity index is 0.00000200. The first-order valence-corrected chi connectivity index (χ1v) is 7.90. The van der Waals surface area contributed by atoms with Gasteiger partial charge >= 0.3 is 0 Å². The lowest BCUT2D eigenvalue weighted by atomic mass is 10.2. The van der Waals surface area contributed by atoms with Crippen LogP contribution in [-0.2, 0) is 21.3 Å². The zero-order valence-corrected chi connectivity index (χ0v) is 13.0. The molecule has 1 unspecified atom stereocenters. The maximum absolute atomic E-state index is 12.1. The quantitative estimate of drug-likeness (QED) is 0.786. The van der Waals surface area contributed by atoms with Gasteiger partial charge in [0.15, 0.2) is 0 Å². The van der Waals surface area contributed by atoms with Crippen molar-refractivity contribution in [2.24, 2.45) is 5.92 Å². The predicted molar refractivity (Wildman–Crippen MR) is 77.5 cm³/mol. The molecule has 2 rings (SSSR count). The van der Waals surface area contributed by atoms with Crippen molar-refractivity contribution in [3.05, 3.63) is 12.4 Å². The molecule has 7 nitrogen and oxygen atoms in total. The minimum absolute atomic E-state index is 0. The Morgan fingerprint density at radius 1 is 1.60 bits per heavy atom. The van der Waals surface area contributed by atoms with Crippen molar-refractivity contribution < 1.29 is 13.2 Å². The van der Waals surface area contributed by atoms with Crippen LogP contribution >= 0.6 is 12.4 Å². The normalized spacial score (nSPS) is 20.1. The zero-order chi connectivity index (χ0) is 13.7. The molecule has 0 aromatic carbocycles. The van der Waals surface area contributed by atoms with Crippen LogP contribution in [0.3, 0.4) is 0 Å². The third kappa shape index (κ3) is 4.71. The molecular weight excluding hydrogens is 304 g/mol. The Morgan fingerprint density at radius 2 is 2.40 bits per heavy atom. The minimum Gasteiger partial charge on any atom is -0.380 e. The van der Waals surface area contributed by atoms with Crippen molar-refractivity contribution >= 4 is 22.4 Å². The molecule has 0 saturated carbocycles. The monoisotopic (exact) mass is 324 g/mol. The topological polar surface area (TPSA) is 85.2 Å². The summed E-state index contributed by atoms with van der Waals surface area (Å²) in [6.45, 7) is 5.74. The van der Waals surface area contributed by atoms with Crippen LogP contribution in [0.1, 0.15) is 6.92 Å². The van der Waals surface area contributed by atoms with Crippen molar-refractivity contribution in [1.29, 1.82) is 0 Å². The van der Waals surface area contributed by atoms with Gasteiger partial charge in [0.25, 0.3) is 0 Å². The van der Waals surface area contributed by atoms with Crippen LogP contribution in [0.15, 0.2) is 17.3 Å². The van der Waals surface area contributed by atoms with Gasteiger partial charge in [0.2, 0.25) is 10.0 Å². The lowest BCUT2D eigenvalue weighted by Crippen LogP contribution is -2.35. The highest BCUT2D eigenvalue weighted by Gasteiger charge is 2.19. The smallest absolute Gasteiger partial charge is 0.243 e. The number of hydrogen-bond donors (Lipinski definition) is 2. The molecule has 1 saturated heterocycles. The fraction of sp³-hybridized carbons (Fsp3) is 0.727. The summed E-state index contributed by atoms with van der Waals surface area (Å²) in [6.07, 6.45) is 2.90. The fourth-order valence-electron chi connectivity index (χ4n) is 1.86. The van der Waals surface area contributed by atoms with Gasteiger partial charge in [-0.1, -0.05) is 0 Å². The third-order valence-electron chi connectivity index (χ3n) is 3.02. The van der Waals surface area contributed by atoms with Gasteiger partial charge in [-0.2, -0.15) is 5.10 Å². The van der Waals surface area contributed by atoms with Crippen molar-refractivity contribution in [3.8, 4) is 0 Å². The molecule has 20 heavy (non-hydrogen) atoms. The van der Waals surface area contributed by atoms with E-state index < -0.39 is 10.0 Å². The highest BCUT2D eigenvalue weighted by molar-refractivity contribution is 7.89. The van der Waals surface area contributed by atoms with E-state index in [2.05, 4.69) is 15.1 Å². The van der Waals surface area contributed by atoms with Crippen LogP contribution < -0.4 is 10.0 Å². The Hall–Kier alpha value is -0.670. The highest BCUT2D eigenvalue weighted by atomic mass is 35.5. The first kappa shape index (κ1) is 17.4. The summed E-state index contributed by atoms with van der Waals surface area (Å²) in [5, 5.41) is 7.18. The maximum Gasteiger partial charge on any atom is 0.243 e. The number of rotatable bonds is 5. The van der Waals surface area contributed by atoms with Gasteiger partial charge in [-0.05, 0) is 6.92 Å². The number of hydrogen-bond acceptors (Lipinski definition) is 5. The van der Waals surface area contributed by atoms with E-state index >= 15 is 0 Å². The largest absolute Gasteiger partial charge is 0.380 e. The molecule has 0 amide bonds. The van der Waals surface area contributed by atoms with E-state index in [0.29, 0.717) is 26.3 Å². The standard InChI is InChI=1S/C11H20N4O3S.ClH/c1-2-15-8-11(7-13-15)19(16,17)14-6-10-5-12-3-4-18-9-10;/h7-8,10,12,14H,2-6,9H2,1H3;1H. The van der Waals surface area contributed by atoms with E-state index in [1.807, 2.05) is 6.92 Å². The van der Waals surface area contributed by atoms with Crippen molar-refractivity contribution in [2.75, 3.05) is 32.8 Å². The summed E-state index contributed by atoms with van der Waals surface area (Å²) >= 11 is 0. The maximum atomic E-state index is 12.1. The Bertz CT molecular complexity index is 498. The van der Waals surface area contributed by atoms with Gasteiger partial charge < -0.3 is 10.1 Å². The summed E-state index contributed by atoms with van der Waals surface area (Å²) in [7, 11) is -3.48. The van der Waals surface area contributed by atoms with E-state index in [1.165, 1.54) is 12.4 Å². The summed E-state index contributed by atoms with van der Waals surface area (Å²) in [4.78, 5) is 0.205. The van der Waals surface area contributed by atoms with E-state index in [0.717, 1.165) is 13.1 Å². The number of ether oxygens (including phenoxy) is 1. The van der Waals surface area contributed by atoms with Crippen molar-refractivity contribution in [2.45, 2.75) is 18.4 Å². The molecule has 116 valence electrons. The number of nitrogens with zero attached hydrogens (tertiary/aromatic N) is 2. The molecule has 1 aromatic rings. The van der Waals surface area contributed by atoms with Crippen LogP contribution in [0.4, 0.5) is 0 Å². The van der Waals surface area contributed by atoms with Crippen LogP contribution in [0, 0.1) is 5.92 Å². The number of aromatic nitrogens is 2. The summed E-state index contributed by atoms with van der Waals surface area (Å²) in [5.74, 6) is 0.151. The van der Waals surface area contributed by atoms with Crippen LogP contribution in [0.5, 0.6) is 0 Å². The number of sulfonamides is 1. The van der Waals surface area contributed by atoms with Crippen LogP contribution in [-0.4, -0.2) is 51.0 Å². The molecule has 9 heteroatoms. The second-order valence-electron chi connectivity index (χ2n) is 4.53. The fourth-order valence-corrected chi connectivity index (χ4v) is 2.93. The van der Waals surface area contributed by atoms with Gasteiger partial charge in [0.1, 0.15) is 4.90 Å². The molecule has 0 spiro atoms. The first-order valence-electron chi connectivity index (χ1n) is 6.42. The molecule has 1 fully saturated rings. The van der Waals surface area contributed by atoms with E-state index in [9.17, 15) is 8.42 Å². The third-order valence-corrected chi connectivity index (χ3v) is 4.39. The van der Waals surface area contributed by atoms with Gasteiger partial charge in [0, 0.05) is 38.3 Å². The summed E-state index contributed by atoms with van der Waals surface area (Å²) in [5.41, 5.74) is 0. The predicted octanol–water partition coefficient (Wildman–Crippen LogP) is -0.161. The molecule has 1 aromatic heterocycles. The van der Waals surface area contributed by atoms with E-state index in [-0.39, 0.29) is 23.2 Å². The van der Waals surface area contributed by atoms with Gasteiger partial charge in [0.05, 0.1) is 19.4 Å². The Labute approximate surface area is 125 Å². The lowest BCUT2D eigenvalue weighted by molar-refractivity contribution is 0.124. The summed E-state index contributed by atoms with van der Waals surface area (Å²) in [6, 6.07) is 0. The Morgan fingerprint density at radius 3 is 3.10 bits per heavy atom. The first-order chi connectivity index (χ1) is 9.12. The van der Waals surface area contributed by atoms with Crippen LogP contribution in [0.2, 0.25) is 0 Å². The summed E-state index contributed by atoms with van der Waals surface area (Å²) < 4.78 is 33.7. The molecule has 0 radical (unpaired) electrons. The van der Waals surface area contributed by atoms with Crippen LogP contribution in [0.25, 0.3) is 0 Å². The minimum atomic E-state index is -3.48. The SMILES string of the molecule is CCn1cc(S(=O)(=O)NCC2CNCCOC2)cn1.Cl. The molecule has 1 atom stereocenters. The van der Waals surface area contributed by atoms with Gasteiger partial charge in [-0.15, -0.1) is 12.4 Å². The average Bonchev–Trinajstić information content (AvgIpc) is 2.74. The van der Waals surface area contributed by atoms with E-state index in [4.69, 9.17) is 4.74 Å². The number of halogens is 1. The number of aryl methyl sites for hydroxylation is 1. The second-order valence-corrected chi connectivity index (χ2v) is 6.30. The number of nitrogens with one attached hydrogen (secondary N) is 2. The molecule has 1 aliphatic rings. The van der Waals surface area contributed by atoms with Crippen molar-refractivity contribution in [1.82, 2.24) is 19.8 Å². The van der Waals surface area contributed by atoms with Gasteiger partial charge in [-0.3, -0.25) is 4.68 Å². The highest BCUT2D eigenvalue weighted by Crippen LogP contribution is 2.08. The average molecular weight is 325 g/mol. The molecule has 2 N–H and O–H groups in total. The Kier molecular flexibility index (Phi) is 6.90. The molecule has 0 bridgehead atoms. The molecule has 2 heterocycles. The molecule has 0 aliphatic carbocycles. The molecular formula is C11H21ClN4O3S. The zero-order valence-electron chi connectivity index (χ0n) is 11.4. The van der Waals surface area contributed by atoms with Crippen molar-refractivity contribution in [3.63, 3.8) is 0 Å².